The smallest absolute Gasteiger partial charge is 0.328 e. The number of carbonyl (C=O) groups is 2. The molecule has 0 heterocycles. The first-order chi connectivity index (χ1) is 19.5. The molecule has 8 heteroatoms. The summed E-state index contributed by atoms with van der Waals surface area (Å²) in [5, 5.41) is 2.76. The SMILES string of the molecule is COC(=O)[C@H](Cc1ccc(OCc2ccccc2)cc1)NC(=O)c1ccc(OCCSc2ccccc2F)cc1. The zero-order valence-corrected chi connectivity index (χ0v) is 22.9. The number of hydrogen-bond donors (Lipinski definition) is 1. The molecule has 0 fully saturated rings. The molecule has 0 radical (unpaired) electrons. The summed E-state index contributed by atoms with van der Waals surface area (Å²) in [4.78, 5) is 25.9. The van der Waals surface area contributed by atoms with Crippen LogP contribution in [-0.4, -0.2) is 37.4 Å². The maximum atomic E-state index is 13.7. The Kier molecular flexibility index (Phi) is 10.6. The van der Waals surface area contributed by atoms with Gasteiger partial charge in [0.05, 0.1) is 13.7 Å². The van der Waals surface area contributed by atoms with Crippen LogP contribution in [-0.2, 0) is 22.6 Å². The number of rotatable bonds is 13. The Labute approximate surface area is 237 Å². The van der Waals surface area contributed by atoms with Crippen LogP contribution in [0.25, 0.3) is 0 Å². The molecule has 0 aliphatic carbocycles. The number of amides is 1. The average Bonchev–Trinajstić information content (AvgIpc) is 2.99. The number of carbonyl (C=O) groups excluding carboxylic acids is 2. The molecule has 4 aromatic rings. The third-order valence-electron chi connectivity index (χ3n) is 5.97. The van der Waals surface area contributed by atoms with E-state index in [0.717, 1.165) is 11.1 Å². The van der Waals surface area contributed by atoms with Crippen molar-refractivity contribution in [2.45, 2.75) is 24.0 Å². The van der Waals surface area contributed by atoms with Gasteiger partial charge in [-0.3, -0.25) is 4.79 Å². The molecule has 0 aliphatic rings. The van der Waals surface area contributed by atoms with Crippen molar-refractivity contribution in [2.24, 2.45) is 0 Å². The van der Waals surface area contributed by atoms with Crippen molar-refractivity contribution in [2.75, 3.05) is 19.5 Å². The Morgan fingerprint density at radius 1 is 0.800 bits per heavy atom. The van der Waals surface area contributed by atoms with Gasteiger partial charge in [0.15, 0.2) is 0 Å². The first kappa shape index (κ1) is 28.7. The summed E-state index contributed by atoms with van der Waals surface area (Å²) in [7, 11) is 1.29. The number of methoxy groups -OCH3 is 1. The minimum Gasteiger partial charge on any atom is -0.493 e. The molecule has 4 rings (SSSR count). The second-order valence-corrected chi connectivity index (χ2v) is 9.96. The van der Waals surface area contributed by atoms with E-state index in [-0.39, 0.29) is 12.2 Å². The molecule has 0 saturated heterocycles. The molecule has 0 unspecified atom stereocenters. The lowest BCUT2D eigenvalue weighted by molar-refractivity contribution is -0.142. The van der Waals surface area contributed by atoms with Crippen LogP contribution < -0.4 is 14.8 Å². The monoisotopic (exact) mass is 559 g/mol. The van der Waals surface area contributed by atoms with Gasteiger partial charge < -0.3 is 19.5 Å². The third kappa shape index (κ3) is 8.61. The summed E-state index contributed by atoms with van der Waals surface area (Å²) in [6.45, 7) is 0.836. The fourth-order valence-electron chi connectivity index (χ4n) is 3.85. The molecule has 1 amide bonds. The topological polar surface area (TPSA) is 73.9 Å². The number of hydrogen-bond acceptors (Lipinski definition) is 6. The molecule has 0 aliphatic heterocycles. The number of ether oxygens (including phenoxy) is 3. The molecule has 40 heavy (non-hydrogen) atoms. The molecule has 206 valence electrons. The first-order valence-corrected chi connectivity index (χ1v) is 13.7. The summed E-state index contributed by atoms with van der Waals surface area (Å²) < 4.78 is 30.2. The molecular weight excluding hydrogens is 529 g/mol. The summed E-state index contributed by atoms with van der Waals surface area (Å²) in [6, 6.07) is 29.6. The van der Waals surface area contributed by atoms with Gasteiger partial charge in [0, 0.05) is 22.6 Å². The van der Waals surface area contributed by atoms with E-state index in [1.807, 2.05) is 54.6 Å². The minimum absolute atomic E-state index is 0.252. The fraction of sp³-hybridized carbons (Fsp3) is 0.188. The van der Waals surface area contributed by atoms with Crippen LogP contribution in [0.15, 0.2) is 108 Å². The van der Waals surface area contributed by atoms with Crippen molar-refractivity contribution in [1.29, 1.82) is 0 Å². The number of nitrogens with one attached hydrogen (secondary N) is 1. The highest BCUT2D eigenvalue weighted by Crippen LogP contribution is 2.21. The van der Waals surface area contributed by atoms with E-state index in [2.05, 4.69) is 5.32 Å². The van der Waals surface area contributed by atoms with Crippen LogP contribution >= 0.6 is 11.8 Å². The highest BCUT2D eigenvalue weighted by Gasteiger charge is 2.23. The second-order valence-electron chi connectivity index (χ2n) is 8.82. The standard InChI is InChI=1S/C32H30FNO5S/c1-37-32(36)29(21-23-11-15-27(16-12-23)39-22-24-7-3-2-4-8-24)34-31(35)25-13-17-26(18-14-25)38-19-20-40-30-10-6-5-9-28(30)33/h2-18,29H,19-22H2,1H3,(H,34,35)/t29-/m0/s1. The Hall–Kier alpha value is -4.30. The van der Waals surface area contributed by atoms with Crippen LogP contribution in [0.5, 0.6) is 11.5 Å². The van der Waals surface area contributed by atoms with Crippen LogP contribution in [0.1, 0.15) is 21.5 Å². The predicted molar refractivity (Wildman–Crippen MR) is 153 cm³/mol. The van der Waals surface area contributed by atoms with Gasteiger partial charge in [-0.1, -0.05) is 54.6 Å². The average molecular weight is 560 g/mol. The van der Waals surface area contributed by atoms with Crippen LogP contribution in [0.3, 0.4) is 0 Å². The normalized spacial score (nSPS) is 11.3. The Balaban J connectivity index is 1.27. The fourth-order valence-corrected chi connectivity index (χ4v) is 4.62. The van der Waals surface area contributed by atoms with E-state index >= 15 is 0 Å². The van der Waals surface area contributed by atoms with Gasteiger partial charge >= 0.3 is 5.97 Å². The first-order valence-electron chi connectivity index (χ1n) is 12.8. The zero-order chi connectivity index (χ0) is 28.2. The maximum absolute atomic E-state index is 13.7. The molecule has 0 spiro atoms. The number of halogens is 1. The maximum Gasteiger partial charge on any atom is 0.328 e. The van der Waals surface area contributed by atoms with Crippen molar-refractivity contribution in [1.82, 2.24) is 5.32 Å². The molecular formula is C32H30FNO5S. The second kappa shape index (κ2) is 14.7. The van der Waals surface area contributed by atoms with Crippen LogP contribution in [0.4, 0.5) is 4.39 Å². The van der Waals surface area contributed by atoms with Crippen LogP contribution in [0, 0.1) is 5.82 Å². The number of thioether (sulfide) groups is 1. The summed E-state index contributed by atoms with van der Waals surface area (Å²) in [5.74, 6) is 0.677. The van der Waals surface area contributed by atoms with E-state index < -0.39 is 17.9 Å². The van der Waals surface area contributed by atoms with E-state index in [0.29, 0.717) is 40.9 Å². The van der Waals surface area contributed by atoms with Crippen molar-refractivity contribution >= 4 is 23.6 Å². The van der Waals surface area contributed by atoms with Gasteiger partial charge in [-0.25, -0.2) is 9.18 Å². The quantitative estimate of drug-likeness (QED) is 0.121. The molecule has 6 nitrogen and oxygen atoms in total. The van der Waals surface area contributed by atoms with E-state index in [1.54, 1.807) is 42.5 Å². The molecule has 1 atom stereocenters. The van der Waals surface area contributed by atoms with Gasteiger partial charge in [0.1, 0.15) is 30.0 Å². The Morgan fingerprint density at radius 3 is 2.15 bits per heavy atom. The van der Waals surface area contributed by atoms with Crippen molar-refractivity contribution in [3.63, 3.8) is 0 Å². The van der Waals surface area contributed by atoms with E-state index in [4.69, 9.17) is 14.2 Å². The van der Waals surface area contributed by atoms with Gasteiger partial charge in [0.2, 0.25) is 0 Å². The predicted octanol–water partition coefficient (Wildman–Crippen LogP) is 6.09. The number of benzene rings is 4. The van der Waals surface area contributed by atoms with Crippen LogP contribution in [0.2, 0.25) is 0 Å². The molecule has 0 bridgehead atoms. The molecule has 1 N–H and O–H groups in total. The van der Waals surface area contributed by atoms with Crippen molar-refractivity contribution in [3.05, 3.63) is 126 Å². The van der Waals surface area contributed by atoms with Gasteiger partial charge in [-0.05, 0) is 59.7 Å². The highest BCUT2D eigenvalue weighted by molar-refractivity contribution is 7.99. The van der Waals surface area contributed by atoms with Crippen molar-refractivity contribution < 1.29 is 28.2 Å². The summed E-state index contributed by atoms with van der Waals surface area (Å²) in [5.41, 5.74) is 2.30. The lowest BCUT2D eigenvalue weighted by atomic mass is 10.0. The lowest BCUT2D eigenvalue weighted by Gasteiger charge is -2.17. The van der Waals surface area contributed by atoms with Gasteiger partial charge in [-0.2, -0.15) is 0 Å². The van der Waals surface area contributed by atoms with E-state index in [9.17, 15) is 14.0 Å². The zero-order valence-electron chi connectivity index (χ0n) is 22.0. The van der Waals surface area contributed by atoms with Gasteiger partial charge in [0.25, 0.3) is 5.91 Å². The molecule has 0 saturated carbocycles. The summed E-state index contributed by atoms with van der Waals surface area (Å²) >= 11 is 1.37. The Bertz CT molecular complexity index is 1380. The molecule has 0 aromatic heterocycles. The molecule has 4 aromatic carbocycles. The van der Waals surface area contributed by atoms with Crippen molar-refractivity contribution in [3.8, 4) is 11.5 Å². The highest BCUT2D eigenvalue weighted by atomic mass is 32.2. The van der Waals surface area contributed by atoms with E-state index in [1.165, 1.54) is 24.9 Å². The largest absolute Gasteiger partial charge is 0.493 e. The Morgan fingerprint density at radius 2 is 1.45 bits per heavy atom. The summed E-state index contributed by atoms with van der Waals surface area (Å²) in [6.07, 6.45) is 0.262. The number of esters is 1. The van der Waals surface area contributed by atoms with Gasteiger partial charge in [-0.15, -0.1) is 11.8 Å². The minimum atomic E-state index is -0.861. The lowest BCUT2D eigenvalue weighted by Crippen LogP contribution is -2.43. The third-order valence-corrected chi connectivity index (χ3v) is 6.98.